The lowest BCUT2D eigenvalue weighted by atomic mass is 10.0. The van der Waals surface area contributed by atoms with E-state index in [0.29, 0.717) is 17.7 Å². The van der Waals surface area contributed by atoms with Gasteiger partial charge in [0, 0.05) is 25.4 Å². The molecule has 0 aliphatic rings. The summed E-state index contributed by atoms with van der Waals surface area (Å²) in [6.07, 6.45) is -7.01. The van der Waals surface area contributed by atoms with Crippen molar-refractivity contribution in [1.29, 1.82) is 0 Å². The van der Waals surface area contributed by atoms with Gasteiger partial charge in [-0.15, -0.1) is 0 Å². The largest absolute Gasteiger partial charge is 0.416 e. The summed E-state index contributed by atoms with van der Waals surface area (Å²) in [5.41, 5.74) is -2.80. The summed E-state index contributed by atoms with van der Waals surface area (Å²) in [7, 11) is 1.23. The molecule has 34 heavy (non-hydrogen) atoms. The average Bonchev–Trinajstić information content (AvgIpc) is 2.77. The monoisotopic (exact) mass is 503 g/mol. The number of amides is 1. The second-order valence-corrected chi connectivity index (χ2v) is 7.97. The highest BCUT2D eigenvalue weighted by molar-refractivity contribution is 7.98. The fourth-order valence-electron chi connectivity index (χ4n) is 3.10. The van der Waals surface area contributed by atoms with E-state index >= 15 is 0 Å². The predicted octanol–water partition coefficient (Wildman–Crippen LogP) is 6.31. The van der Waals surface area contributed by atoms with Gasteiger partial charge in [0.25, 0.3) is 5.91 Å². The Balaban J connectivity index is 2.00. The summed E-state index contributed by atoms with van der Waals surface area (Å²) in [5.74, 6) is -1.27. The zero-order valence-corrected chi connectivity index (χ0v) is 18.4. The maximum atomic E-state index is 13.3. The number of hydrogen-bond acceptors (Lipinski definition) is 4. The van der Waals surface area contributed by atoms with Crippen LogP contribution >= 0.6 is 11.8 Å². The number of hydrogen-bond donors (Lipinski definition) is 0. The molecular weight excluding hydrogens is 487 g/mol. The van der Waals surface area contributed by atoms with Crippen molar-refractivity contribution in [3.05, 3.63) is 76.9 Å². The lowest BCUT2D eigenvalue weighted by Crippen LogP contribution is -2.28. The van der Waals surface area contributed by atoms with Gasteiger partial charge in [0.15, 0.2) is 5.16 Å². The van der Waals surface area contributed by atoms with Crippen molar-refractivity contribution < 1.29 is 35.5 Å². The van der Waals surface area contributed by atoms with Crippen LogP contribution in [-0.4, -0.2) is 34.1 Å². The quantitative estimate of drug-likeness (QED) is 0.233. The van der Waals surface area contributed by atoms with Gasteiger partial charge in [-0.25, -0.2) is 14.4 Å². The summed E-state index contributed by atoms with van der Waals surface area (Å²) in [5, 5.41) is 0.223. The summed E-state index contributed by atoms with van der Waals surface area (Å²) in [6.45, 7) is -0.548. The van der Waals surface area contributed by atoms with Crippen LogP contribution in [0, 0.1) is 5.82 Å². The summed E-state index contributed by atoms with van der Waals surface area (Å²) in [6, 6.07) is 6.26. The Morgan fingerprint density at radius 3 is 2.03 bits per heavy atom. The molecule has 1 aromatic heterocycles. The van der Waals surface area contributed by atoms with Crippen molar-refractivity contribution in [2.24, 2.45) is 0 Å². The van der Waals surface area contributed by atoms with Crippen LogP contribution in [0.2, 0.25) is 0 Å². The van der Waals surface area contributed by atoms with Crippen LogP contribution in [0.5, 0.6) is 0 Å². The third-order valence-corrected chi connectivity index (χ3v) is 5.28. The number of halogens is 7. The second-order valence-electron chi connectivity index (χ2n) is 7.20. The van der Waals surface area contributed by atoms with E-state index in [-0.39, 0.29) is 28.0 Å². The number of nitrogens with zero attached hydrogens (tertiary/aromatic N) is 3. The minimum Gasteiger partial charge on any atom is -0.336 e. The van der Waals surface area contributed by atoms with Gasteiger partial charge in [-0.1, -0.05) is 23.9 Å². The van der Waals surface area contributed by atoms with Crippen LogP contribution in [0.1, 0.15) is 27.2 Å². The van der Waals surface area contributed by atoms with E-state index in [9.17, 15) is 35.5 Å². The fraction of sp³-hybridized carbons (Fsp3) is 0.227. The Kier molecular flexibility index (Phi) is 7.20. The average molecular weight is 503 g/mol. The van der Waals surface area contributed by atoms with Crippen molar-refractivity contribution in [2.45, 2.75) is 24.1 Å². The third kappa shape index (κ3) is 5.85. The lowest BCUT2D eigenvalue weighted by molar-refractivity contribution is -0.143. The first-order valence-corrected chi connectivity index (χ1v) is 10.7. The highest BCUT2D eigenvalue weighted by atomic mass is 32.2. The standard InChI is InChI=1S/C22H16F7N3OS/c1-32(11-12-7-14(21(24,25)26)9-15(8-12)22(27,28)29)19(33)18-17(10-30-20(31-18)34-2)13-3-5-16(23)6-4-13/h3-10H,11H2,1-2H3. The molecule has 1 heterocycles. The maximum Gasteiger partial charge on any atom is 0.416 e. The first-order chi connectivity index (χ1) is 15.8. The normalized spacial score (nSPS) is 12.0. The van der Waals surface area contributed by atoms with Crippen LogP contribution < -0.4 is 0 Å². The van der Waals surface area contributed by atoms with E-state index in [0.717, 1.165) is 28.8 Å². The topological polar surface area (TPSA) is 46.1 Å². The first kappa shape index (κ1) is 25.5. The molecule has 0 spiro atoms. The number of carbonyl (C=O) groups excluding carboxylic acids is 1. The van der Waals surface area contributed by atoms with Crippen molar-refractivity contribution in [2.75, 3.05) is 13.3 Å². The molecular formula is C22H16F7N3OS. The van der Waals surface area contributed by atoms with Crippen molar-refractivity contribution >= 4 is 17.7 Å². The van der Waals surface area contributed by atoms with E-state index in [1.807, 2.05) is 0 Å². The molecule has 0 radical (unpaired) electrons. The molecule has 180 valence electrons. The lowest BCUT2D eigenvalue weighted by Gasteiger charge is -2.21. The van der Waals surface area contributed by atoms with Gasteiger partial charge in [-0.2, -0.15) is 26.3 Å². The van der Waals surface area contributed by atoms with Gasteiger partial charge in [-0.3, -0.25) is 4.79 Å². The molecule has 2 aromatic carbocycles. The van der Waals surface area contributed by atoms with Crippen LogP contribution in [0.25, 0.3) is 11.1 Å². The molecule has 12 heteroatoms. The van der Waals surface area contributed by atoms with Crippen molar-refractivity contribution in [3.63, 3.8) is 0 Å². The Morgan fingerprint density at radius 1 is 0.971 bits per heavy atom. The molecule has 0 bridgehead atoms. The van der Waals surface area contributed by atoms with Gasteiger partial charge < -0.3 is 4.90 Å². The summed E-state index contributed by atoms with van der Waals surface area (Å²) < 4.78 is 92.2. The molecule has 0 saturated carbocycles. The Bertz CT molecular complexity index is 1160. The highest BCUT2D eigenvalue weighted by Crippen LogP contribution is 2.36. The number of rotatable bonds is 5. The van der Waals surface area contributed by atoms with Crippen LogP contribution in [-0.2, 0) is 18.9 Å². The van der Waals surface area contributed by atoms with Gasteiger partial charge in [-0.05, 0) is 47.7 Å². The van der Waals surface area contributed by atoms with E-state index in [1.54, 1.807) is 6.26 Å². The second kappa shape index (κ2) is 9.61. The van der Waals surface area contributed by atoms with E-state index in [1.165, 1.54) is 25.4 Å². The third-order valence-electron chi connectivity index (χ3n) is 4.72. The van der Waals surface area contributed by atoms with Crippen LogP contribution in [0.3, 0.4) is 0 Å². The van der Waals surface area contributed by atoms with Gasteiger partial charge in [0.05, 0.1) is 11.1 Å². The Morgan fingerprint density at radius 2 is 1.53 bits per heavy atom. The highest BCUT2D eigenvalue weighted by Gasteiger charge is 2.37. The number of thioether (sulfide) groups is 1. The predicted molar refractivity (Wildman–Crippen MR) is 111 cm³/mol. The number of aromatic nitrogens is 2. The fourth-order valence-corrected chi connectivity index (χ4v) is 3.45. The zero-order chi connectivity index (χ0) is 25.3. The van der Waals surface area contributed by atoms with Gasteiger partial charge in [0.1, 0.15) is 11.5 Å². The number of carbonyl (C=O) groups is 1. The van der Waals surface area contributed by atoms with Crippen LogP contribution in [0.15, 0.2) is 53.8 Å². The number of benzene rings is 2. The summed E-state index contributed by atoms with van der Waals surface area (Å²) in [4.78, 5) is 22.4. The molecule has 4 nitrogen and oxygen atoms in total. The molecule has 3 rings (SSSR count). The van der Waals surface area contributed by atoms with Crippen molar-refractivity contribution in [3.8, 4) is 11.1 Å². The van der Waals surface area contributed by atoms with Crippen molar-refractivity contribution in [1.82, 2.24) is 14.9 Å². The van der Waals surface area contributed by atoms with E-state index in [4.69, 9.17) is 0 Å². The van der Waals surface area contributed by atoms with Crippen LogP contribution in [0.4, 0.5) is 30.7 Å². The number of alkyl halides is 6. The van der Waals surface area contributed by atoms with Gasteiger partial charge >= 0.3 is 12.4 Å². The molecule has 0 fully saturated rings. The molecule has 1 amide bonds. The smallest absolute Gasteiger partial charge is 0.336 e. The molecule has 3 aromatic rings. The first-order valence-electron chi connectivity index (χ1n) is 9.50. The maximum absolute atomic E-state index is 13.3. The molecule has 0 aliphatic carbocycles. The minimum absolute atomic E-state index is 0.0210. The molecule has 0 saturated heterocycles. The molecule has 0 N–H and O–H groups in total. The summed E-state index contributed by atoms with van der Waals surface area (Å²) >= 11 is 1.13. The molecule has 0 atom stereocenters. The minimum atomic E-state index is -5.01. The molecule has 0 unspecified atom stereocenters. The van der Waals surface area contributed by atoms with E-state index in [2.05, 4.69) is 9.97 Å². The Labute approximate surface area is 193 Å². The Hall–Kier alpha value is -3.15. The molecule has 0 aliphatic heterocycles. The zero-order valence-electron chi connectivity index (χ0n) is 17.6. The SMILES string of the molecule is CSc1ncc(-c2ccc(F)cc2)c(C(=O)N(C)Cc2cc(C(F)(F)F)cc(C(F)(F)F)c2)n1. The van der Waals surface area contributed by atoms with Gasteiger partial charge in [0.2, 0.25) is 0 Å². The van der Waals surface area contributed by atoms with E-state index < -0.39 is 41.7 Å².